The van der Waals surface area contributed by atoms with E-state index in [2.05, 4.69) is 4.98 Å². The number of nitrogens with zero attached hydrogens (tertiary/aromatic N) is 1. The van der Waals surface area contributed by atoms with Crippen LogP contribution in [-0.2, 0) is 11.2 Å². The third-order valence-corrected chi connectivity index (χ3v) is 5.21. The maximum Gasteiger partial charge on any atom is 0.252 e. The molecule has 0 saturated carbocycles. The summed E-state index contributed by atoms with van der Waals surface area (Å²) in [6.07, 6.45) is 4.88. The Bertz CT molecular complexity index is 1280. The molecule has 2 heterocycles. The van der Waals surface area contributed by atoms with Crippen LogP contribution >= 0.6 is 0 Å². The summed E-state index contributed by atoms with van der Waals surface area (Å²) in [5.41, 5.74) is 1.66. The van der Waals surface area contributed by atoms with Crippen molar-refractivity contribution in [2.45, 2.75) is 13.3 Å². The van der Waals surface area contributed by atoms with Crippen molar-refractivity contribution >= 4 is 22.4 Å². The highest BCUT2D eigenvalue weighted by Crippen LogP contribution is 2.24. The van der Waals surface area contributed by atoms with Crippen molar-refractivity contribution in [3.8, 4) is 0 Å². The Morgan fingerprint density at radius 2 is 1.87 bits per heavy atom. The second-order valence-corrected chi connectivity index (χ2v) is 7.05. The largest absolute Gasteiger partial charge is 0.322 e. The summed E-state index contributed by atoms with van der Waals surface area (Å²) < 4.78 is 41.0. The molecule has 154 valence electrons. The van der Waals surface area contributed by atoms with Crippen molar-refractivity contribution < 1.29 is 19.4 Å². The first-order valence-corrected chi connectivity index (χ1v) is 9.28. The molecule has 4 rings (SSSR count). The van der Waals surface area contributed by atoms with E-state index in [1.165, 1.54) is 30.0 Å². The Morgan fingerprint density at radius 1 is 1.13 bits per heavy atom. The number of pyridine rings is 1. The van der Waals surface area contributed by atoms with Crippen LogP contribution in [-0.4, -0.2) is 22.3 Å². The Morgan fingerprint density at radius 3 is 2.53 bits per heavy atom. The van der Waals surface area contributed by atoms with Crippen molar-refractivity contribution in [3.05, 3.63) is 99.2 Å². The average Bonchev–Trinajstić information content (AvgIpc) is 2.74. The predicted octanol–water partition coefficient (Wildman–Crippen LogP) is 4.48. The summed E-state index contributed by atoms with van der Waals surface area (Å²) in [6, 6.07) is 8.25. The summed E-state index contributed by atoms with van der Waals surface area (Å²) in [7, 11) is 0. The molecular formula is C23H19F3N2O2. The third kappa shape index (κ3) is 3.54. The summed E-state index contributed by atoms with van der Waals surface area (Å²) in [6.45, 7) is 1.77. The molecule has 0 unspecified atom stereocenters. The van der Waals surface area contributed by atoms with Crippen LogP contribution in [0.4, 0.5) is 13.2 Å². The number of fused-ring (bicyclic) bond motifs is 1. The van der Waals surface area contributed by atoms with Gasteiger partial charge in [0.25, 0.3) is 5.56 Å². The van der Waals surface area contributed by atoms with E-state index in [0.717, 1.165) is 17.2 Å². The molecule has 1 aliphatic rings. The smallest absolute Gasteiger partial charge is 0.252 e. The second kappa shape index (κ2) is 7.67. The molecule has 1 N–H and O–H groups in total. The average molecular weight is 412 g/mol. The van der Waals surface area contributed by atoms with Gasteiger partial charge >= 0.3 is 0 Å². The molecule has 0 spiro atoms. The Kier molecular flexibility index (Phi) is 5.03. The number of benzene rings is 2. The number of carbonyl (C=O) groups excluding carboxylic acids is 1. The van der Waals surface area contributed by atoms with Crippen LogP contribution in [0.2, 0.25) is 0 Å². The number of aromatic amines is 1. The van der Waals surface area contributed by atoms with Crippen LogP contribution in [0.25, 0.3) is 16.5 Å². The molecule has 1 aromatic heterocycles. The number of H-pyrrole nitrogens is 1. The van der Waals surface area contributed by atoms with Crippen molar-refractivity contribution in [1.82, 2.24) is 9.88 Å². The van der Waals surface area contributed by atoms with Gasteiger partial charge in [0.05, 0.1) is 11.9 Å². The fourth-order valence-corrected chi connectivity index (χ4v) is 3.54. The first kappa shape index (κ1) is 19.7. The zero-order chi connectivity index (χ0) is 21.4. The summed E-state index contributed by atoms with van der Waals surface area (Å²) >= 11 is 0. The first-order chi connectivity index (χ1) is 14.3. The molecule has 7 heteroatoms. The molecule has 2 aromatic carbocycles. The maximum absolute atomic E-state index is 14.3. The minimum Gasteiger partial charge on any atom is -0.322 e. The predicted molar refractivity (Wildman–Crippen MR) is 110 cm³/mol. The van der Waals surface area contributed by atoms with E-state index >= 15 is 0 Å². The Labute approximate surface area is 171 Å². The van der Waals surface area contributed by atoms with E-state index < -0.39 is 17.2 Å². The molecule has 0 aliphatic carbocycles. The van der Waals surface area contributed by atoms with Gasteiger partial charge in [-0.25, -0.2) is 13.2 Å². The fraction of sp³-hybridized carbons (Fsp3) is 0.130. The van der Waals surface area contributed by atoms with Gasteiger partial charge in [0.15, 0.2) is 11.6 Å². The SMILES string of the molecule is Cc1c(CC(=O)N2C=CC(c3ccc(F)cc3)=CC2)c(=O)[nH]c2ccc(F)c(F)c12.[HH]. The van der Waals surface area contributed by atoms with Gasteiger partial charge in [-0.15, -0.1) is 0 Å². The van der Waals surface area contributed by atoms with Crippen LogP contribution in [0.1, 0.15) is 18.1 Å². The molecule has 3 aromatic rings. The lowest BCUT2D eigenvalue weighted by Crippen LogP contribution is -2.31. The molecule has 0 radical (unpaired) electrons. The van der Waals surface area contributed by atoms with Crippen molar-refractivity contribution in [2.24, 2.45) is 0 Å². The van der Waals surface area contributed by atoms with Gasteiger partial charge in [0.1, 0.15) is 5.82 Å². The highest BCUT2D eigenvalue weighted by molar-refractivity contribution is 5.87. The first-order valence-electron chi connectivity index (χ1n) is 9.28. The summed E-state index contributed by atoms with van der Waals surface area (Å²) in [5, 5.41) is -0.0370. The number of amides is 1. The number of hydrogen-bond acceptors (Lipinski definition) is 2. The molecular weight excluding hydrogens is 393 g/mol. The van der Waals surface area contributed by atoms with Gasteiger partial charge in [-0.2, -0.15) is 0 Å². The minimum absolute atomic E-state index is 0. The van der Waals surface area contributed by atoms with Crippen LogP contribution in [0.5, 0.6) is 0 Å². The van der Waals surface area contributed by atoms with E-state index in [4.69, 9.17) is 0 Å². The van der Waals surface area contributed by atoms with E-state index in [1.54, 1.807) is 24.4 Å². The third-order valence-electron chi connectivity index (χ3n) is 5.21. The molecule has 1 amide bonds. The lowest BCUT2D eigenvalue weighted by molar-refractivity contribution is -0.127. The van der Waals surface area contributed by atoms with Gasteiger partial charge in [-0.1, -0.05) is 18.2 Å². The molecule has 30 heavy (non-hydrogen) atoms. The summed E-state index contributed by atoms with van der Waals surface area (Å²) in [4.78, 5) is 29.1. The van der Waals surface area contributed by atoms with Gasteiger partial charge in [-0.3, -0.25) is 9.59 Å². The monoisotopic (exact) mass is 412 g/mol. The molecule has 0 bridgehead atoms. The standard InChI is InChI=1S/C23H17F3N2O2.H2/c1-13-17(23(30)27-19-7-6-18(25)22(26)21(13)19)12-20(29)28-10-8-15(9-11-28)14-2-4-16(24)5-3-14;/h2-10H,11-12H2,1H3,(H,27,30);1H. The minimum atomic E-state index is -1.06. The van der Waals surface area contributed by atoms with E-state index in [0.29, 0.717) is 0 Å². The lowest BCUT2D eigenvalue weighted by atomic mass is 10.0. The number of aryl methyl sites for hydroxylation is 1. The van der Waals surface area contributed by atoms with Crippen LogP contribution in [0, 0.1) is 24.4 Å². The molecule has 1 aliphatic heterocycles. The van der Waals surface area contributed by atoms with Gasteiger partial charge in [0, 0.05) is 25.1 Å². The molecule has 0 atom stereocenters. The highest BCUT2D eigenvalue weighted by Gasteiger charge is 2.20. The number of nitrogens with one attached hydrogen (secondary N) is 1. The topological polar surface area (TPSA) is 53.2 Å². The number of carbonyl (C=O) groups is 1. The maximum atomic E-state index is 14.3. The number of rotatable bonds is 3. The number of aromatic nitrogens is 1. The van der Waals surface area contributed by atoms with E-state index in [-0.39, 0.29) is 48.1 Å². The molecule has 0 saturated heterocycles. The Hall–Kier alpha value is -3.61. The van der Waals surface area contributed by atoms with Crippen LogP contribution in [0.3, 0.4) is 0 Å². The quantitative estimate of drug-likeness (QED) is 0.690. The van der Waals surface area contributed by atoms with Crippen LogP contribution in [0.15, 0.2) is 59.5 Å². The van der Waals surface area contributed by atoms with Crippen molar-refractivity contribution in [2.75, 3.05) is 6.54 Å². The van der Waals surface area contributed by atoms with E-state index in [9.17, 15) is 22.8 Å². The second-order valence-electron chi connectivity index (χ2n) is 7.05. The van der Waals surface area contributed by atoms with Gasteiger partial charge < -0.3 is 9.88 Å². The Balaban J connectivity index is 0.00000272. The summed E-state index contributed by atoms with van der Waals surface area (Å²) in [5.74, 6) is -2.76. The zero-order valence-electron chi connectivity index (χ0n) is 16.0. The normalized spacial score (nSPS) is 13.6. The number of hydrogen-bond donors (Lipinski definition) is 1. The van der Waals surface area contributed by atoms with E-state index in [1.807, 2.05) is 6.08 Å². The highest BCUT2D eigenvalue weighted by atomic mass is 19.2. The lowest BCUT2D eigenvalue weighted by Gasteiger charge is -2.21. The zero-order valence-corrected chi connectivity index (χ0v) is 16.0. The van der Waals surface area contributed by atoms with Gasteiger partial charge in [-0.05, 0) is 54.0 Å². The fourth-order valence-electron chi connectivity index (χ4n) is 3.54. The van der Waals surface area contributed by atoms with Crippen LogP contribution < -0.4 is 5.56 Å². The number of allylic oxidation sites excluding steroid dienone is 2. The van der Waals surface area contributed by atoms with Gasteiger partial charge in [0.2, 0.25) is 5.91 Å². The number of halogens is 3. The van der Waals surface area contributed by atoms with Crippen molar-refractivity contribution in [3.63, 3.8) is 0 Å². The van der Waals surface area contributed by atoms with Crippen molar-refractivity contribution in [1.29, 1.82) is 0 Å². The molecule has 0 fully saturated rings. The molecule has 4 nitrogen and oxygen atoms in total.